The molecule has 0 unspecified atom stereocenters. The predicted molar refractivity (Wildman–Crippen MR) is 83.8 cm³/mol. The molecule has 2 N–H and O–H groups in total. The summed E-state index contributed by atoms with van der Waals surface area (Å²) in [5, 5.41) is 19.8. The van der Waals surface area contributed by atoms with Crippen molar-refractivity contribution in [1.29, 1.82) is 0 Å². The van der Waals surface area contributed by atoms with Crippen LogP contribution < -0.4 is 5.43 Å². The molecule has 0 atom stereocenters. The molecule has 0 aromatic carbocycles. The summed E-state index contributed by atoms with van der Waals surface area (Å²) in [6.45, 7) is 8.11. The van der Waals surface area contributed by atoms with Crippen LogP contribution in [-0.4, -0.2) is 46.0 Å². The van der Waals surface area contributed by atoms with Gasteiger partial charge in [-0.3, -0.25) is 9.69 Å². The van der Waals surface area contributed by atoms with Crippen molar-refractivity contribution in [3.05, 3.63) is 27.7 Å². The summed E-state index contributed by atoms with van der Waals surface area (Å²) in [5.41, 5.74) is 0.735. The summed E-state index contributed by atoms with van der Waals surface area (Å²) in [4.78, 5) is 14.1. The summed E-state index contributed by atoms with van der Waals surface area (Å²) < 4.78 is 7.23. The van der Waals surface area contributed by atoms with Crippen molar-refractivity contribution < 1.29 is 14.9 Å². The number of aliphatic hydroxyl groups is 1. The van der Waals surface area contributed by atoms with E-state index in [0.717, 1.165) is 19.5 Å². The Morgan fingerprint density at radius 2 is 2.00 bits per heavy atom. The lowest BCUT2D eigenvalue weighted by molar-refractivity contribution is 0.0325. The molecule has 0 spiro atoms. The Labute approximate surface area is 130 Å². The van der Waals surface area contributed by atoms with E-state index in [4.69, 9.17) is 4.74 Å². The van der Waals surface area contributed by atoms with Crippen LogP contribution >= 0.6 is 0 Å². The maximum Gasteiger partial charge on any atom is 0.223 e. The molecule has 1 aliphatic rings. The first kappa shape index (κ1) is 17.0. The predicted octanol–water partition coefficient (Wildman–Crippen LogP) is 0.924. The Bertz CT molecular complexity index is 548. The van der Waals surface area contributed by atoms with Gasteiger partial charge < -0.3 is 19.5 Å². The maximum absolute atomic E-state index is 11.9. The van der Waals surface area contributed by atoms with Gasteiger partial charge in [0.1, 0.15) is 0 Å². The number of aromatic hydroxyl groups is 1. The molecule has 1 aliphatic heterocycles. The maximum atomic E-state index is 11.9. The van der Waals surface area contributed by atoms with Crippen molar-refractivity contribution >= 4 is 0 Å². The van der Waals surface area contributed by atoms with Gasteiger partial charge in [0.05, 0.1) is 25.5 Å². The molecule has 0 bridgehead atoms. The molecule has 1 aromatic rings. The average Bonchev–Trinajstić information content (AvgIpc) is 2.51. The van der Waals surface area contributed by atoms with Gasteiger partial charge in [-0.05, 0) is 12.3 Å². The number of rotatable bonds is 6. The number of hydrogen-bond acceptors (Lipinski definition) is 5. The lowest BCUT2D eigenvalue weighted by atomic mass is 10.1. The number of hydrogen-bond donors (Lipinski definition) is 2. The fourth-order valence-corrected chi connectivity index (χ4v) is 2.67. The molecule has 0 saturated carbocycles. The SMILES string of the molecule is CC(C)CCn1c(CO)cc(=O)c(O)c1CN1CCOCC1. The minimum absolute atomic E-state index is 0.201. The van der Waals surface area contributed by atoms with Crippen LogP contribution in [0.5, 0.6) is 5.75 Å². The van der Waals surface area contributed by atoms with E-state index in [1.54, 1.807) is 0 Å². The van der Waals surface area contributed by atoms with E-state index < -0.39 is 5.43 Å². The summed E-state index contributed by atoms with van der Waals surface area (Å²) in [6, 6.07) is 1.33. The lowest BCUT2D eigenvalue weighted by Gasteiger charge is -2.29. The summed E-state index contributed by atoms with van der Waals surface area (Å²) in [7, 11) is 0. The first-order valence-corrected chi connectivity index (χ1v) is 7.88. The fourth-order valence-electron chi connectivity index (χ4n) is 2.67. The minimum Gasteiger partial charge on any atom is -0.503 e. The number of aliphatic hydroxyl groups excluding tert-OH is 1. The summed E-state index contributed by atoms with van der Waals surface area (Å²) in [6.07, 6.45) is 0.922. The number of aromatic nitrogens is 1. The summed E-state index contributed by atoms with van der Waals surface area (Å²) in [5.74, 6) is 0.303. The van der Waals surface area contributed by atoms with Crippen LogP contribution in [0.4, 0.5) is 0 Å². The van der Waals surface area contributed by atoms with Gasteiger partial charge in [-0.15, -0.1) is 0 Å². The summed E-state index contributed by atoms with van der Waals surface area (Å²) >= 11 is 0. The second-order valence-electron chi connectivity index (χ2n) is 6.18. The van der Waals surface area contributed by atoms with Gasteiger partial charge in [0.15, 0.2) is 5.75 Å². The second-order valence-corrected chi connectivity index (χ2v) is 6.18. The standard InChI is InChI=1S/C16H26N2O4/c1-12(2)3-4-18-13(11-19)9-15(20)16(21)14(18)10-17-5-7-22-8-6-17/h9,12,19,21H,3-8,10-11H2,1-2H3. The van der Waals surface area contributed by atoms with E-state index in [1.807, 2.05) is 4.57 Å². The molecule has 2 rings (SSSR count). The molecule has 6 nitrogen and oxygen atoms in total. The Balaban J connectivity index is 2.33. The quantitative estimate of drug-likeness (QED) is 0.817. The van der Waals surface area contributed by atoms with Gasteiger partial charge in [-0.25, -0.2) is 0 Å². The van der Waals surface area contributed by atoms with Crippen LogP contribution in [-0.2, 0) is 24.4 Å². The topological polar surface area (TPSA) is 74.9 Å². The first-order valence-electron chi connectivity index (χ1n) is 7.88. The van der Waals surface area contributed by atoms with Crippen molar-refractivity contribution in [3.63, 3.8) is 0 Å². The van der Waals surface area contributed by atoms with Gasteiger partial charge in [0.2, 0.25) is 5.43 Å². The zero-order chi connectivity index (χ0) is 16.1. The molecule has 1 saturated heterocycles. The fraction of sp³-hybridized carbons (Fsp3) is 0.688. The minimum atomic E-state index is -0.423. The van der Waals surface area contributed by atoms with Crippen molar-refractivity contribution in [3.8, 4) is 5.75 Å². The van der Waals surface area contributed by atoms with Crippen molar-refractivity contribution in [2.24, 2.45) is 5.92 Å². The highest BCUT2D eigenvalue weighted by Crippen LogP contribution is 2.19. The molecule has 0 radical (unpaired) electrons. The number of ether oxygens (including phenoxy) is 1. The van der Waals surface area contributed by atoms with Crippen LogP contribution in [0.1, 0.15) is 31.7 Å². The van der Waals surface area contributed by atoms with E-state index >= 15 is 0 Å². The molecular formula is C16H26N2O4. The monoisotopic (exact) mass is 310 g/mol. The van der Waals surface area contributed by atoms with Crippen molar-refractivity contribution in [1.82, 2.24) is 9.47 Å². The average molecular weight is 310 g/mol. The van der Waals surface area contributed by atoms with E-state index in [-0.39, 0.29) is 12.4 Å². The molecule has 1 aromatic heterocycles. The van der Waals surface area contributed by atoms with E-state index in [9.17, 15) is 15.0 Å². The van der Waals surface area contributed by atoms with E-state index in [0.29, 0.717) is 43.6 Å². The van der Waals surface area contributed by atoms with Crippen LogP contribution in [0.3, 0.4) is 0 Å². The zero-order valence-corrected chi connectivity index (χ0v) is 13.4. The van der Waals surface area contributed by atoms with Gasteiger partial charge in [-0.2, -0.15) is 0 Å². The third-order valence-electron chi connectivity index (χ3n) is 4.05. The normalized spacial score (nSPS) is 16.4. The third-order valence-corrected chi connectivity index (χ3v) is 4.05. The third kappa shape index (κ3) is 4.09. The van der Waals surface area contributed by atoms with Crippen molar-refractivity contribution in [2.45, 2.75) is 40.0 Å². The molecule has 1 fully saturated rings. The molecule has 2 heterocycles. The highest BCUT2D eigenvalue weighted by Gasteiger charge is 2.19. The Hall–Kier alpha value is -1.37. The molecular weight excluding hydrogens is 284 g/mol. The van der Waals surface area contributed by atoms with E-state index in [2.05, 4.69) is 18.7 Å². The van der Waals surface area contributed by atoms with Gasteiger partial charge >= 0.3 is 0 Å². The van der Waals surface area contributed by atoms with E-state index in [1.165, 1.54) is 6.07 Å². The van der Waals surface area contributed by atoms with Crippen molar-refractivity contribution in [2.75, 3.05) is 26.3 Å². The first-order chi connectivity index (χ1) is 10.5. The van der Waals surface area contributed by atoms with Gasteiger partial charge in [0.25, 0.3) is 0 Å². The zero-order valence-electron chi connectivity index (χ0n) is 13.4. The molecule has 22 heavy (non-hydrogen) atoms. The van der Waals surface area contributed by atoms with Crippen LogP contribution in [0.15, 0.2) is 10.9 Å². The van der Waals surface area contributed by atoms with Gasteiger partial charge in [-0.1, -0.05) is 13.8 Å². The Morgan fingerprint density at radius 3 is 2.59 bits per heavy atom. The molecule has 0 aliphatic carbocycles. The largest absolute Gasteiger partial charge is 0.503 e. The number of nitrogens with zero attached hydrogens (tertiary/aromatic N) is 2. The Morgan fingerprint density at radius 1 is 1.32 bits per heavy atom. The smallest absolute Gasteiger partial charge is 0.223 e. The Kier molecular flexibility index (Phi) is 5.99. The lowest BCUT2D eigenvalue weighted by Crippen LogP contribution is -2.37. The molecule has 124 valence electrons. The molecule has 6 heteroatoms. The van der Waals surface area contributed by atoms with Crippen LogP contribution in [0.25, 0.3) is 0 Å². The van der Waals surface area contributed by atoms with Crippen LogP contribution in [0.2, 0.25) is 0 Å². The number of pyridine rings is 1. The highest BCUT2D eigenvalue weighted by molar-refractivity contribution is 5.30. The number of morpholine rings is 1. The van der Waals surface area contributed by atoms with Gasteiger partial charge in [0, 0.05) is 37.9 Å². The second kappa shape index (κ2) is 7.76. The molecule has 0 amide bonds. The van der Waals surface area contributed by atoms with Crippen LogP contribution in [0, 0.1) is 5.92 Å². The highest BCUT2D eigenvalue weighted by atomic mass is 16.5.